The van der Waals surface area contributed by atoms with Crippen LogP contribution in [0.4, 0.5) is 0 Å². The smallest absolute Gasteiger partial charge is 0.0179 e. The molecule has 0 aromatic rings. The van der Waals surface area contributed by atoms with Crippen molar-refractivity contribution in [3.63, 3.8) is 0 Å². The Kier molecular flexibility index (Phi) is 3.95. The van der Waals surface area contributed by atoms with Crippen LogP contribution >= 0.6 is 0 Å². The van der Waals surface area contributed by atoms with Gasteiger partial charge in [0.05, 0.1) is 0 Å². The van der Waals surface area contributed by atoms with Crippen molar-refractivity contribution in [2.45, 2.75) is 82.3 Å². The number of rotatable bonds is 1. The molecule has 0 aromatic carbocycles. The zero-order chi connectivity index (χ0) is 15.3. The first-order valence-corrected chi connectivity index (χ1v) is 10.6. The van der Waals surface area contributed by atoms with E-state index in [1.54, 1.807) is 0 Å². The normalized spacial score (nSPS) is 50.9. The van der Waals surface area contributed by atoms with Gasteiger partial charge in [0.2, 0.25) is 0 Å². The number of hydrogen-bond acceptors (Lipinski definition) is 3. The maximum absolute atomic E-state index is 4.04. The molecule has 0 radical (unpaired) electrons. The van der Waals surface area contributed by atoms with Crippen LogP contribution in [0.15, 0.2) is 0 Å². The zero-order valence-corrected chi connectivity index (χ0v) is 14.7. The van der Waals surface area contributed by atoms with Crippen LogP contribution < -0.4 is 10.6 Å². The average Bonchev–Trinajstić information content (AvgIpc) is 2.63. The minimum Gasteiger partial charge on any atom is -0.313 e. The van der Waals surface area contributed by atoms with Crippen LogP contribution in [-0.4, -0.2) is 49.2 Å². The minimum absolute atomic E-state index is 0.530. The molecule has 3 nitrogen and oxygen atoms in total. The number of fused-ring (bicyclic) bond motifs is 6. The molecule has 5 rings (SSSR count). The summed E-state index contributed by atoms with van der Waals surface area (Å²) in [5, 5.41) is 8.04. The van der Waals surface area contributed by atoms with Crippen molar-refractivity contribution in [1.82, 2.24) is 15.5 Å². The molecule has 0 spiro atoms. The lowest BCUT2D eigenvalue weighted by molar-refractivity contribution is -0.117. The van der Waals surface area contributed by atoms with Gasteiger partial charge in [-0.05, 0) is 82.8 Å². The average molecular weight is 318 g/mol. The van der Waals surface area contributed by atoms with Crippen molar-refractivity contribution in [1.29, 1.82) is 0 Å². The highest BCUT2D eigenvalue weighted by molar-refractivity contribution is 5.14. The third kappa shape index (κ3) is 2.41. The summed E-state index contributed by atoms with van der Waals surface area (Å²) in [5.41, 5.74) is 0.530. The molecule has 0 unspecified atom stereocenters. The molecular formula is C20H35N3. The summed E-state index contributed by atoms with van der Waals surface area (Å²) in [7, 11) is 0. The fourth-order valence-corrected chi connectivity index (χ4v) is 7.36. The van der Waals surface area contributed by atoms with Crippen LogP contribution in [-0.2, 0) is 0 Å². The molecular weight excluding hydrogens is 282 g/mol. The number of hydrogen-bond donors (Lipinski definition) is 2. The van der Waals surface area contributed by atoms with Crippen molar-refractivity contribution in [3.8, 4) is 0 Å². The predicted molar refractivity (Wildman–Crippen MR) is 94.5 cm³/mol. The van der Waals surface area contributed by atoms with Crippen LogP contribution in [0.25, 0.3) is 0 Å². The number of nitrogens with zero attached hydrogens (tertiary/aromatic N) is 1. The first-order valence-electron chi connectivity index (χ1n) is 10.6. The fraction of sp³-hybridized carbons (Fsp3) is 1.00. The summed E-state index contributed by atoms with van der Waals surface area (Å²) in [6.07, 6.45) is 14.6. The lowest BCUT2D eigenvalue weighted by Gasteiger charge is -2.64. The van der Waals surface area contributed by atoms with Crippen molar-refractivity contribution in [2.24, 2.45) is 17.3 Å². The van der Waals surface area contributed by atoms with Gasteiger partial charge in [-0.2, -0.15) is 0 Å². The molecule has 23 heavy (non-hydrogen) atoms. The third-order valence-electron chi connectivity index (χ3n) is 8.16. The van der Waals surface area contributed by atoms with Gasteiger partial charge in [-0.15, -0.1) is 0 Å². The van der Waals surface area contributed by atoms with Crippen LogP contribution in [0.5, 0.6) is 0 Å². The van der Waals surface area contributed by atoms with Crippen LogP contribution in [0.2, 0.25) is 0 Å². The highest BCUT2D eigenvalue weighted by atomic mass is 15.2. The lowest BCUT2D eigenvalue weighted by atomic mass is 9.52. The maximum Gasteiger partial charge on any atom is 0.0179 e. The molecule has 4 aliphatic heterocycles. The molecule has 5 fully saturated rings. The van der Waals surface area contributed by atoms with E-state index < -0.39 is 0 Å². The second-order valence-electron chi connectivity index (χ2n) is 9.30. The van der Waals surface area contributed by atoms with E-state index in [4.69, 9.17) is 0 Å². The summed E-state index contributed by atoms with van der Waals surface area (Å²) in [6, 6.07) is 2.51. The maximum atomic E-state index is 4.04. The fourth-order valence-electron chi connectivity index (χ4n) is 7.36. The van der Waals surface area contributed by atoms with Crippen LogP contribution in [0.3, 0.4) is 0 Å². The van der Waals surface area contributed by atoms with E-state index in [0.29, 0.717) is 5.41 Å². The van der Waals surface area contributed by atoms with Gasteiger partial charge < -0.3 is 10.6 Å². The molecule has 4 saturated heterocycles. The monoisotopic (exact) mass is 317 g/mol. The summed E-state index contributed by atoms with van der Waals surface area (Å²) in [5.74, 6) is 1.96. The van der Waals surface area contributed by atoms with Gasteiger partial charge in [0.15, 0.2) is 0 Å². The molecule has 2 N–H and O–H groups in total. The molecule has 1 saturated carbocycles. The van der Waals surface area contributed by atoms with Crippen LogP contribution in [0.1, 0.15) is 64.2 Å². The van der Waals surface area contributed by atoms with Gasteiger partial charge in [-0.3, -0.25) is 4.90 Å². The Morgan fingerprint density at radius 2 is 1.74 bits per heavy atom. The summed E-state index contributed by atoms with van der Waals surface area (Å²) >= 11 is 0. The van der Waals surface area contributed by atoms with E-state index in [0.717, 1.165) is 30.0 Å². The van der Waals surface area contributed by atoms with Crippen molar-refractivity contribution < 1.29 is 0 Å². The first-order chi connectivity index (χ1) is 11.4. The molecule has 130 valence electrons. The molecule has 3 heteroatoms. The van der Waals surface area contributed by atoms with E-state index >= 15 is 0 Å². The standard InChI is InChI=1S/C20H35N3/c1-3-9-21-18(8-1)20-13-16(12-15-6-5-10-22-19(15)20)17-7-2-4-11-23(17)14-20/h15-19,21-22H,1-14H2/t15-,16+,17-,18-,19-,20-/m1/s1. The molecule has 5 aliphatic rings. The quantitative estimate of drug-likeness (QED) is 0.779. The Hall–Kier alpha value is -0.120. The SMILES string of the molecule is C1CC[C@H]([C@]23C[C@H](C[C@H]4CCCN[C@H]42)[C@H]2CCCCN2C3)NC1. The van der Waals surface area contributed by atoms with Gasteiger partial charge in [0, 0.05) is 30.1 Å². The highest BCUT2D eigenvalue weighted by Gasteiger charge is 2.58. The van der Waals surface area contributed by atoms with E-state index in [9.17, 15) is 0 Å². The Labute approximate surface area is 142 Å². The topological polar surface area (TPSA) is 27.3 Å². The largest absolute Gasteiger partial charge is 0.313 e. The van der Waals surface area contributed by atoms with Crippen molar-refractivity contribution in [2.75, 3.05) is 26.2 Å². The molecule has 6 atom stereocenters. The summed E-state index contributed by atoms with van der Waals surface area (Å²) in [6.45, 7) is 5.30. The highest BCUT2D eigenvalue weighted by Crippen LogP contribution is 2.55. The Morgan fingerprint density at radius 3 is 2.65 bits per heavy atom. The Bertz CT molecular complexity index is 431. The Morgan fingerprint density at radius 1 is 0.826 bits per heavy atom. The molecule has 2 bridgehead atoms. The van der Waals surface area contributed by atoms with E-state index in [1.807, 2.05) is 0 Å². The third-order valence-corrected chi connectivity index (χ3v) is 8.16. The minimum atomic E-state index is 0.530. The van der Waals surface area contributed by atoms with Gasteiger partial charge in [-0.25, -0.2) is 0 Å². The molecule has 1 aliphatic carbocycles. The Balaban J connectivity index is 1.50. The second kappa shape index (κ2) is 6.00. The van der Waals surface area contributed by atoms with Gasteiger partial charge >= 0.3 is 0 Å². The summed E-state index contributed by atoms with van der Waals surface area (Å²) < 4.78 is 0. The first kappa shape index (κ1) is 15.2. The van der Waals surface area contributed by atoms with Gasteiger partial charge in [-0.1, -0.05) is 12.8 Å². The molecule has 4 heterocycles. The van der Waals surface area contributed by atoms with E-state index in [2.05, 4.69) is 15.5 Å². The van der Waals surface area contributed by atoms with Gasteiger partial charge in [0.25, 0.3) is 0 Å². The van der Waals surface area contributed by atoms with Gasteiger partial charge in [0.1, 0.15) is 0 Å². The second-order valence-corrected chi connectivity index (χ2v) is 9.30. The zero-order valence-electron chi connectivity index (χ0n) is 14.7. The molecule has 0 amide bonds. The number of piperidine rings is 4. The lowest BCUT2D eigenvalue weighted by Crippen LogP contribution is -2.72. The summed E-state index contributed by atoms with van der Waals surface area (Å²) in [4.78, 5) is 2.94. The van der Waals surface area contributed by atoms with Crippen molar-refractivity contribution in [3.05, 3.63) is 0 Å². The van der Waals surface area contributed by atoms with Crippen LogP contribution in [0, 0.1) is 17.3 Å². The van der Waals surface area contributed by atoms with E-state index in [1.165, 1.54) is 90.4 Å². The predicted octanol–water partition coefficient (Wildman–Crippen LogP) is 2.76. The van der Waals surface area contributed by atoms with E-state index in [-0.39, 0.29) is 0 Å². The molecule has 0 aromatic heterocycles. The van der Waals surface area contributed by atoms with Crippen molar-refractivity contribution >= 4 is 0 Å². The number of nitrogens with one attached hydrogen (secondary N) is 2.